The van der Waals surface area contributed by atoms with Crippen LogP contribution in [0, 0.1) is 0 Å². The smallest absolute Gasteiger partial charge is 0.416 e. The van der Waals surface area contributed by atoms with Gasteiger partial charge in [0.25, 0.3) is 0 Å². The first-order valence-electron chi connectivity index (χ1n) is 4.56. The number of hydrogen-bond donors (Lipinski definition) is 2. The van der Waals surface area contributed by atoms with Gasteiger partial charge in [-0.25, -0.2) is 0 Å². The van der Waals surface area contributed by atoms with Crippen LogP contribution in [0.25, 0.3) is 0 Å². The molecule has 0 bridgehead atoms. The summed E-state index contributed by atoms with van der Waals surface area (Å²) in [5.74, 6) is -1.36. The molecule has 17 heavy (non-hydrogen) atoms. The molecule has 0 saturated heterocycles. The van der Waals surface area contributed by atoms with Crippen molar-refractivity contribution in [2.24, 2.45) is 5.73 Å². The number of carboxylic acid groups (broad SMARTS) is 1. The maximum Gasteiger partial charge on any atom is 0.416 e. The molecule has 94 valence electrons. The average molecular weight is 268 g/mol. The third kappa shape index (κ3) is 3.61. The predicted molar refractivity (Wildman–Crippen MR) is 55.8 cm³/mol. The molecule has 1 rings (SSSR count). The Labute approximate surface area is 100.0 Å². The summed E-state index contributed by atoms with van der Waals surface area (Å²) in [7, 11) is 0. The molecule has 0 aliphatic rings. The number of nitrogens with two attached hydrogens (primary N) is 1. The number of halogens is 4. The first-order chi connectivity index (χ1) is 7.71. The zero-order chi connectivity index (χ0) is 13.2. The van der Waals surface area contributed by atoms with Gasteiger partial charge in [-0.05, 0) is 30.2 Å². The van der Waals surface area contributed by atoms with Crippen LogP contribution in [0.3, 0.4) is 0 Å². The zero-order valence-electron chi connectivity index (χ0n) is 8.46. The van der Waals surface area contributed by atoms with Crippen molar-refractivity contribution in [3.8, 4) is 0 Å². The van der Waals surface area contributed by atoms with Crippen molar-refractivity contribution in [1.82, 2.24) is 0 Å². The van der Waals surface area contributed by atoms with Gasteiger partial charge in [0, 0.05) is 5.02 Å². The maximum absolute atomic E-state index is 12.6. The summed E-state index contributed by atoms with van der Waals surface area (Å²) in [4.78, 5) is 10.5. The third-order valence-corrected chi connectivity index (χ3v) is 2.36. The minimum atomic E-state index is -4.56. The van der Waals surface area contributed by atoms with Gasteiger partial charge in [0.1, 0.15) is 6.04 Å². The number of rotatable bonds is 3. The topological polar surface area (TPSA) is 63.3 Å². The van der Waals surface area contributed by atoms with E-state index in [9.17, 15) is 18.0 Å². The van der Waals surface area contributed by atoms with E-state index in [0.29, 0.717) is 0 Å². The van der Waals surface area contributed by atoms with Gasteiger partial charge in [-0.3, -0.25) is 4.79 Å². The molecular weight excluding hydrogens is 259 g/mol. The third-order valence-electron chi connectivity index (χ3n) is 2.13. The van der Waals surface area contributed by atoms with Crippen molar-refractivity contribution in [3.63, 3.8) is 0 Å². The minimum Gasteiger partial charge on any atom is -0.480 e. The van der Waals surface area contributed by atoms with Crippen molar-refractivity contribution >= 4 is 17.6 Å². The number of hydrogen-bond acceptors (Lipinski definition) is 2. The summed E-state index contributed by atoms with van der Waals surface area (Å²) < 4.78 is 37.8. The molecule has 0 fully saturated rings. The Bertz CT molecular complexity index is 434. The Kier molecular flexibility index (Phi) is 4.00. The fourth-order valence-corrected chi connectivity index (χ4v) is 1.53. The van der Waals surface area contributed by atoms with Crippen LogP contribution in [0.15, 0.2) is 18.2 Å². The van der Waals surface area contributed by atoms with Crippen LogP contribution in [0.5, 0.6) is 0 Å². The molecule has 1 aromatic carbocycles. The van der Waals surface area contributed by atoms with E-state index in [1.807, 2.05) is 0 Å². The van der Waals surface area contributed by atoms with Gasteiger partial charge in [-0.2, -0.15) is 13.2 Å². The molecule has 3 N–H and O–H groups in total. The van der Waals surface area contributed by atoms with Crippen molar-refractivity contribution < 1.29 is 23.1 Å². The van der Waals surface area contributed by atoms with Gasteiger partial charge in [-0.15, -0.1) is 0 Å². The van der Waals surface area contributed by atoms with Gasteiger partial charge in [-0.1, -0.05) is 11.6 Å². The fourth-order valence-electron chi connectivity index (χ4n) is 1.33. The summed E-state index contributed by atoms with van der Waals surface area (Å²) in [6.45, 7) is 0. The Balaban J connectivity index is 3.12. The Morgan fingerprint density at radius 3 is 2.53 bits per heavy atom. The highest BCUT2D eigenvalue weighted by Crippen LogP contribution is 2.33. The molecule has 1 unspecified atom stereocenters. The van der Waals surface area contributed by atoms with E-state index in [-0.39, 0.29) is 10.6 Å². The predicted octanol–water partition coefficient (Wildman–Crippen LogP) is 2.31. The highest BCUT2D eigenvalue weighted by atomic mass is 35.5. The van der Waals surface area contributed by atoms with Crippen LogP contribution >= 0.6 is 11.6 Å². The minimum absolute atomic E-state index is 0.102. The Morgan fingerprint density at radius 1 is 1.47 bits per heavy atom. The lowest BCUT2D eigenvalue weighted by Crippen LogP contribution is -2.33. The van der Waals surface area contributed by atoms with E-state index in [0.717, 1.165) is 18.2 Å². The second-order valence-electron chi connectivity index (χ2n) is 3.45. The van der Waals surface area contributed by atoms with Crippen molar-refractivity contribution in [3.05, 3.63) is 34.3 Å². The maximum atomic E-state index is 12.6. The number of carbonyl (C=O) groups is 1. The van der Waals surface area contributed by atoms with Crippen molar-refractivity contribution in [1.29, 1.82) is 0 Å². The van der Waals surface area contributed by atoms with Gasteiger partial charge in [0.2, 0.25) is 0 Å². The van der Waals surface area contributed by atoms with Crippen molar-refractivity contribution in [2.45, 2.75) is 18.6 Å². The van der Waals surface area contributed by atoms with E-state index in [1.165, 1.54) is 0 Å². The second kappa shape index (κ2) is 4.93. The van der Waals surface area contributed by atoms with Crippen LogP contribution in [-0.4, -0.2) is 17.1 Å². The van der Waals surface area contributed by atoms with E-state index in [1.54, 1.807) is 0 Å². The molecule has 0 heterocycles. The quantitative estimate of drug-likeness (QED) is 0.883. The highest BCUT2D eigenvalue weighted by Gasteiger charge is 2.34. The van der Waals surface area contributed by atoms with Gasteiger partial charge < -0.3 is 10.8 Å². The van der Waals surface area contributed by atoms with Crippen LogP contribution < -0.4 is 5.73 Å². The molecule has 7 heteroatoms. The molecule has 0 aliphatic carbocycles. The summed E-state index contributed by atoms with van der Waals surface area (Å²) >= 11 is 5.57. The summed E-state index contributed by atoms with van der Waals surface area (Å²) in [6, 6.07) is 1.59. The fraction of sp³-hybridized carbons (Fsp3) is 0.300. The molecule has 1 aromatic rings. The van der Waals surface area contributed by atoms with Gasteiger partial charge >= 0.3 is 12.1 Å². The van der Waals surface area contributed by atoms with E-state index in [4.69, 9.17) is 22.4 Å². The van der Waals surface area contributed by atoms with Crippen LogP contribution in [0.2, 0.25) is 5.02 Å². The molecule has 0 spiro atoms. The number of aliphatic carboxylic acids is 1. The number of carboxylic acids is 1. The summed E-state index contributed by atoms with van der Waals surface area (Å²) in [5, 5.41) is 8.67. The Morgan fingerprint density at radius 2 is 2.06 bits per heavy atom. The lowest BCUT2D eigenvalue weighted by molar-refractivity contribution is -0.140. The molecular formula is C10H9ClF3NO2. The van der Waals surface area contributed by atoms with E-state index >= 15 is 0 Å². The Hall–Kier alpha value is -1.27. The molecule has 0 radical (unpaired) electrons. The van der Waals surface area contributed by atoms with E-state index < -0.39 is 30.2 Å². The largest absolute Gasteiger partial charge is 0.480 e. The SMILES string of the molecule is NC(Cc1cc(Cl)ccc1C(F)(F)F)C(=O)O. The van der Waals surface area contributed by atoms with E-state index in [2.05, 4.69) is 0 Å². The lowest BCUT2D eigenvalue weighted by atomic mass is 10.0. The molecule has 0 saturated carbocycles. The zero-order valence-corrected chi connectivity index (χ0v) is 9.22. The van der Waals surface area contributed by atoms with Crippen LogP contribution in [-0.2, 0) is 17.4 Å². The standard InChI is InChI=1S/C10H9ClF3NO2/c11-6-1-2-7(10(12,13)14)5(3-6)4-8(15)9(16)17/h1-3,8H,4,15H2,(H,16,17). The molecule has 1 atom stereocenters. The van der Waals surface area contributed by atoms with Gasteiger partial charge in [0.05, 0.1) is 5.56 Å². The second-order valence-corrected chi connectivity index (χ2v) is 3.88. The molecule has 0 aliphatic heterocycles. The first kappa shape index (κ1) is 13.8. The summed E-state index contributed by atoms with van der Waals surface area (Å²) in [5.41, 5.74) is 4.06. The molecule has 0 aromatic heterocycles. The van der Waals surface area contributed by atoms with Crippen molar-refractivity contribution in [2.75, 3.05) is 0 Å². The normalized spacial score (nSPS) is 13.5. The lowest BCUT2D eigenvalue weighted by Gasteiger charge is -2.14. The monoisotopic (exact) mass is 267 g/mol. The number of alkyl halides is 3. The molecule has 3 nitrogen and oxygen atoms in total. The first-order valence-corrected chi connectivity index (χ1v) is 4.93. The van der Waals surface area contributed by atoms with Crippen LogP contribution in [0.1, 0.15) is 11.1 Å². The number of benzene rings is 1. The van der Waals surface area contributed by atoms with Gasteiger partial charge in [0.15, 0.2) is 0 Å². The van der Waals surface area contributed by atoms with Crippen LogP contribution in [0.4, 0.5) is 13.2 Å². The molecule has 0 amide bonds. The highest BCUT2D eigenvalue weighted by molar-refractivity contribution is 6.30. The average Bonchev–Trinajstić information content (AvgIpc) is 2.15. The summed E-state index contributed by atoms with van der Waals surface area (Å²) in [6.07, 6.45) is -4.98.